The molecule has 1 heterocycles. The highest BCUT2D eigenvalue weighted by Crippen LogP contribution is 2.16. The van der Waals surface area contributed by atoms with E-state index >= 15 is 0 Å². The van der Waals surface area contributed by atoms with Crippen molar-refractivity contribution in [3.05, 3.63) is 42.5 Å². The lowest BCUT2D eigenvalue weighted by molar-refractivity contribution is -0.121. The Morgan fingerprint density at radius 2 is 1.95 bits per heavy atom. The molecule has 1 aromatic carbocycles. The normalized spacial score (nSPS) is 11.4. The Balaban J connectivity index is 2.01. The summed E-state index contributed by atoms with van der Waals surface area (Å²) in [6, 6.07) is 7.65. The van der Waals surface area contributed by atoms with Gasteiger partial charge < -0.3 is 11.1 Å². The summed E-state index contributed by atoms with van der Waals surface area (Å²) in [4.78, 5) is 16.1. The molecule has 0 atom stereocenters. The van der Waals surface area contributed by atoms with Gasteiger partial charge in [0.05, 0.1) is 12.1 Å². The molecule has 0 aliphatic carbocycles. The molecule has 1 amide bonds. The summed E-state index contributed by atoms with van der Waals surface area (Å²) in [6.45, 7) is 4.49. The molecule has 0 bridgehead atoms. The Morgan fingerprint density at radius 3 is 2.48 bits per heavy atom. The molecule has 0 saturated carbocycles. The van der Waals surface area contributed by atoms with Crippen LogP contribution >= 0.6 is 0 Å². The van der Waals surface area contributed by atoms with Crippen molar-refractivity contribution >= 4 is 11.6 Å². The summed E-state index contributed by atoms with van der Waals surface area (Å²) in [5, 5.41) is 6.93. The van der Waals surface area contributed by atoms with Gasteiger partial charge in [-0.2, -0.15) is 5.10 Å². The van der Waals surface area contributed by atoms with Gasteiger partial charge in [0.2, 0.25) is 5.91 Å². The smallest absolute Gasteiger partial charge is 0.244 e. The second-order valence-corrected chi connectivity index (χ2v) is 5.11. The Bertz CT molecular complexity index is 573. The van der Waals surface area contributed by atoms with Gasteiger partial charge in [-0.1, -0.05) is 26.0 Å². The summed E-state index contributed by atoms with van der Waals surface area (Å²) in [7, 11) is 0. The van der Waals surface area contributed by atoms with E-state index in [4.69, 9.17) is 5.73 Å². The molecule has 0 aliphatic rings. The third kappa shape index (κ3) is 3.66. The number of benzene rings is 1. The summed E-state index contributed by atoms with van der Waals surface area (Å²) < 4.78 is 1.74. The molecule has 0 saturated heterocycles. The molecule has 1 aromatic heterocycles. The average molecular weight is 287 g/mol. The fraction of sp³-hybridized carbons (Fsp3) is 0.400. The van der Waals surface area contributed by atoms with Gasteiger partial charge in [-0.25, -0.2) is 9.67 Å². The van der Waals surface area contributed by atoms with E-state index in [-0.39, 0.29) is 5.91 Å². The van der Waals surface area contributed by atoms with Crippen LogP contribution in [0.15, 0.2) is 36.9 Å². The van der Waals surface area contributed by atoms with Crippen molar-refractivity contribution in [1.82, 2.24) is 14.8 Å². The van der Waals surface area contributed by atoms with Crippen LogP contribution in [0.25, 0.3) is 0 Å². The Kier molecular flexibility index (Phi) is 4.70. The number of nitrogens with two attached hydrogens (primary N) is 1. The Labute approximate surface area is 124 Å². The molecule has 0 radical (unpaired) electrons. The number of hydrogen-bond acceptors (Lipinski definition) is 4. The summed E-state index contributed by atoms with van der Waals surface area (Å²) in [5.74, 6) is -0.142. The minimum Gasteiger partial charge on any atom is -0.324 e. The third-order valence-electron chi connectivity index (χ3n) is 3.74. The van der Waals surface area contributed by atoms with Gasteiger partial charge >= 0.3 is 0 Å². The highest BCUT2D eigenvalue weighted by atomic mass is 16.2. The number of hydrogen-bond donors (Lipinski definition) is 2. The zero-order valence-electron chi connectivity index (χ0n) is 12.4. The zero-order valence-corrected chi connectivity index (χ0v) is 12.4. The van der Waals surface area contributed by atoms with Crippen LogP contribution in [-0.4, -0.2) is 26.2 Å². The fourth-order valence-corrected chi connectivity index (χ4v) is 2.02. The predicted molar refractivity (Wildman–Crippen MR) is 81.7 cm³/mol. The van der Waals surface area contributed by atoms with Crippen LogP contribution in [0.4, 0.5) is 5.69 Å². The second-order valence-electron chi connectivity index (χ2n) is 5.11. The summed E-state index contributed by atoms with van der Waals surface area (Å²) in [5.41, 5.74) is 7.11. The molecule has 0 aliphatic heterocycles. The average Bonchev–Trinajstić information content (AvgIpc) is 3.01. The molecule has 2 rings (SSSR count). The fourth-order valence-electron chi connectivity index (χ4n) is 2.02. The van der Waals surface area contributed by atoms with E-state index in [9.17, 15) is 4.79 Å². The quantitative estimate of drug-likeness (QED) is 0.848. The summed E-state index contributed by atoms with van der Waals surface area (Å²) >= 11 is 0. The van der Waals surface area contributed by atoms with Crippen molar-refractivity contribution < 1.29 is 4.79 Å². The van der Waals surface area contributed by atoms with Crippen LogP contribution in [0.2, 0.25) is 0 Å². The first-order valence-electron chi connectivity index (χ1n) is 7.09. The standard InChI is InChI=1S/C15H21N5O/c1-3-15(16,4-2)14(21)19-13-7-5-12(6-8-13)9-20-11-17-10-18-20/h5-8,10-11H,3-4,9,16H2,1-2H3,(H,19,21). The first kappa shape index (κ1) is 15.2. The van der Waals surface area contributed by atoms with Crippen LogP contribution in [0.1, 0.15) is 32.3 Å². The number of carbonyl (C=O) groups is 1. The van der Waals surface area contributed by atoms with Gasteiger partial charge in [0, 0.05) is 5.69 Å². The Hall–Kier alpha value is -2.21. The van der Waals surface area contributed by atoms with Gasteiger partial charge in [0.15, 0.2) is 0 Å². The maximum Gasteiger partial charge on any atom is 0.244 e. The molecule has 112 valence electrons. The monoisotopic (exact) mass is 287 g/mol. The van der Waals surface area contributed by atoms with Crippen LogP contribution in [0.5, 0.6) is 0 Å². The van der Waals surface area contributed by atoms with E-state index in [1.807, 2.05) is 38.1 Å². The lowest BCUT2D eigenvalue weighted by atomic mass is 9.93. The molecule has 0 spiro atoms. The van der Waals surface area contributed by atoms with E-state index in [0.717, 1.165) is 11.3 Å². The number of anilines is 1. The van der Waals surface area contributed by atoms with Gasteiger partial charge in [-0.15, -0.1) is 0 Å². The number of nitrogens with zero attached hydrogens (tertiary/aromatic N) is 3. The molecule has 6 heteroatoms. The molecule has 0 unspecified atom stereocenters. The van der Waals surface area contributed by atoms with Crippen molar-refractivity contribution in [1.29, 1.82) is 0 Å². The highest BCUT2D eigenvalue weighted by Gasteiger charge is 2.29. The largest absolute Gasteiger partial charge is 0.324 e. The summed E-state index contributed by atoms with van der Waals surface area (Å²) in [6.07, 6.45) is 4.39. The van der Waals surface area contributed by atoms with E-state index in [1.165, 1.54) is 6.33 Å². The van der Waals surface area contributed by atoms with Crippen LogP contribution in [-0.2, 0) is 11.3 Å². The van der Waals surface area contributed by atoms with Crippen LogP contribution in [0.3, 0.4) is 0 Å². The molecular formula is C15H21N5O. The van der Waals surface area contributed by atoms with Crippen molar-refractivity contribution in [3.63, 3.8) is 0 Å². The minimum atomic E-state index is -0.806. The molecule has 6 nitrogen and oxygen atoms in total. The highest BCUT2D eigenvalue weighted by molar-refractivity contribution is 5.97. The number of carbonyl (C=O) groups excluding carboxylic acids is 1. The van der Waals surface area contributed by atoms with E-state index in [0.29, 0.717) is 19.4 Å². The van der Waals surface area contributed by atoms with Gasteiger partial charge in [-0.05, 0) is 30.5 Å². The number of amides is 1. The van der Waals surface area contributed by atoms with E-state index in [1.54, 1.807) is 11.0 Å². The maximum absolute atomic E-state index is 12.2. The van der Waals surface area contributed by atoms with Gasteiger partial charge in [0.25, 0.3) is 0 Å². The van der Waals surface area contributed by atoms with Crippen molar-refractivity contribution in [3.8, 4) is 0 Å². The predicted octanol–water partition coefficient (Wildman–Crippen LogP) is 1.78. The van der Waals surface area contributed by atoms with E-state index in [2.05, 4.69) is 15.4 Å². The SMILES string of the molecule is CCC(N)(CC)C(=O)Nc1ccc(Cn2cncn2)cc1. The molecule has 0 fully saturated rings. The number of rotatable bonds is 6. The first-order valence-corrected chi connectivity index (χ1v) is 7.09. The van der Waals surface area contributed by atoms with E-state index < -0.39 is 5.54 Å². The second kappa shape index (κ2) is 6.49. The Morgan fingerprint density at radius 1 is 1.29 bits per heavy atom. The van der Waals surface area contributed by atoms with Crippen molar-refractivity contribution in [2.45, 2.75) is 38.8 Å². The van der Waals surface area contributed by atoms with Crippen molar-refractivity contribution in [2.24, 2.45) is 5.73 Å². The van der Waals surface area contributed by atoms with Gasteiger partial charge in [-0.3, -0.25) is 4.79 Å². The topological polar surface area (TPSA) is 85.8 Å². The van der Waals surface area contributed by atoms with Gasteiger partial charge in [0.1, 0.15) is 12.7 Å². The minimum absolute atomic E-state index is 0.142. The van der Waals surface area contributed by atoms with Crippen molar-refractivity contribution in [2.75, 3.05) is 5.32 Å². The van der Waals surface area contributed by atoms with Crippen LogP contribution < -0.4 is 11.1 Å². The number of aromatic nitrogens is 3. The molecular weight excluding hydrogens is 266 g/mol. The molecule has 21 heavy (non-hydrogen) atoms. The maximum atomic E-state index is 12.2. The number of nitrogens with one attached hydrogen (secondary N) is 1. The lowest BCUT2D eigenvalue weighted by Gasteiger charge is -2.25. The zero-order chi connectivity index (χ0) is 15.3. The lowest BCUT2D eigenvalue weighted by Crippen LogP contribution is -2.50. The molecule has 3 N–H and O–H groups in total. The molecule has 2 aromatic rings. The third-order valence-corrected chi connectivity index (χ3v) is 3.74. The first-order chi connectivity index (χ1) is 10.1. The van der Waals surface area contributed by atoms with Crippen LogP contribution in [0, 0.1) is 0 Å².